The predicted molar refractivity (Wildman–Crippen MR) is 68.4 cm³/mol. The van der Waals surface area contributed by atoms with Crippen molar-refractivity contribution in [3.8, 4) is 0 Å². The van der Waals surface area contributed by atoms with Crippen molar-refractivity contribution in [2.45, 2.75) is 19.9 Å². The van der Waals surface area contributed by atoms with E-state index >= 15 is 0 Å². The van der Waals surface area contributed by atoms with E-state index in [1.807, 2.05) is 0 Å². The van der Waals surface area contributed by atoms with E-state index in [2.05, 4.69) is 35.7 Å². The van der Waals surface area contributed by atoms with Gasteiger partial charge >= 0.3 is 0 Å². The minimum absolute atomic E-state index is 0.194. The summed E-state index contributed by atoms with van der Waals surface area (Å²) in [7, 11) is 2.16. The van der Waals surface area contributed by atoms with Gasteiger partial charge in [0.05, 0.1) is 6.54 Å². The molecule has 94 valence electrons. The van der Waals surface area contributed by atoms with Gasteiger partial charge in [-0.05, 0) is 13.0 Å². The highest BCUT2D eigenvalue weighted by Crippen LogP contribution is 2.13. The second-order valence-electron chi connectivity index (χ2n) is 4.92. The summed E-state index contributed by atoms with van der Waals surface area (Å²) in [6.07, 6.45) is 0. The quantitative estimate of drug-likeness (QED) is 0.503. The Labute approximate surface area is 98.5 Å². The van der Waals surface area contributed by atoms with Crippen molar-refractivity contribution < 1.29 is 0 Å². The molecular formula is C11H25N5. The van der Waals surface area contributed by atoms with E-state index in [0.717, 1.165) is 26.2 Å². The van der Waals surface area contributed by atoms with Crippen LogP contribution in [0.4, 0.5) is 0 Å². The van der Waals surface area contributed by atoms with Gasteiger partial charge in [-0.25, -0.2) is 0 Å². The van der Waals surface area contributed by atoms with Gasteiger partial charge < -0.3 is 16.4 Å². The molecule has 1 atom stereocenters. The fraction of sp³-hybridized carbons (Fsp3) is 0.909. The van der Waals surface area contributed by atoms with Crippen LogP contribution in [0.15, 0.2) is 4.99 Å². The summed E-state index contributed by atoms with van der Waals surface area (Å²) >= 11 is 0. The van der Waals surface area contributed by atoms with Gasteiger partial charge in [-0.15, -0.1) is 0 Å². The first kappa shape index (κ1) is 13.3. The molecule has 0 aromatic heterocycles. The fourth-order valence-electron chi connectivity index (χ4n) is 2.10. The summed E-state index contributed by atoms with van der Waals surface area (Å²) in [5, 5.41) is 0. The number of guanidine groups is 1. The zero-order valence-electron chi connectivity index (χ0n) is 10.7. The molecule has 1 fully saturated rings. The van der Waals surface area contributed by atoms with Crippen LogP contribution in [0, 0.1) is 5.92 Å². The molecule has 0 amide bonds. The largest absolute Gasteiger partial charge is 0.370 e. The lowest BCUT2D eigenvalue weighted by molar-refractivity contribution is 0.0926. The third-order valence-corrected chi connectivity index (χ3v) is 3.24. The molecule has 16 heavy (non-hydrogen) atoms. The zero-order chi connectivity index (χ0) is 12.1. The van der Waals surface area contributed by atoms with Gasteiger partial charge in [0.15, 0.2) is 5.96 Å². The van der Waals surface area contributed by atoms with Gasteiger partial charge in [0.1, 0.15) is 0 Å². The Hall–Kier alpha value is -0.810. The number of likely N-dealkylation sites (N-methyl/N-ethyl adjacent to an activating group) is 1. The highest BCUT2D eigenvalue weighted by Gasteiger charge is 2.24. The Balaban J connectivity index is 2.53. The standard InChI is InChI=1S/C11H25N5/c1-9(2)10(8-14-11(12)13)16-6-4-15(3)5-7-16/h9-10H,4-8H2,1-3H3,(H4,12,13,14). The van der Waals surface area contributed by atoms with Gasteiger partial charge in [-0.3, -0.25) is 9.89 Å². The third-order valence-electron chi connectivity index (χ3n) is 3.24. The molecular weight excluding hydrogens is 202 g/mol. The molecule has 0 aromatic rings. The van der Waals surface area contributed by atoms with E-state index < -0.39 is 0 Å². The highest BCUT2D eigenvalue weighted by atomic mass is 15.3. The number of rotatable bonds is 4. The van der Waals surface area contributed by atoms with E-state index in [4.69, 9.17) is 11.5 Å². The Kier molecular flexibility index (Phi) is 5.02. The van der Waals surface area contributed by atoms with Crippen LogP contribution < -0.4 is 11.5 Å². The van der Waals surface area contributed by atoms with Crippen LogP contribution in [0.25, 0.3) is 0 Å². The van der Waals surface area contributed by atoms with Crippen molar-refractivity contribution in [3.05, 3.63) is 0 Å². The normalized spacial score (nSPS) is 21.0. The molecule has 0 radical (unpaired) electrons. The first-order chi connectivity index (χ1) is 7.50. The molecule has 1 saturated heterocycles. The molecule has 0 spiro atoms. The summed E-state index contributed by atoms with van der Waals surface area (Å²) in [6.45, 7) is 9.65. The molecule has 1 heterocycles. The topological polar surface area (TPSA) is 70.9 Å². The monoisotopic (exact) mass is 227 g/mol. The second-order valence-corrected chi connectivity index (χ2v) is 4.92. The summed E-state index contributed by atoms with van der Waals surface area (Å²) in [5.74, 6) is 0.770. The molecule has 0 saturated carbocycles. The lowest BCUT2D eigenvalue weighted by Crippen LogP contribution is -2.51. The maximum atomic E-state index is 5.39. The molecule has 1 aliphatic heterocycles. The summed E-state index contributed by atoms with van der Waals surface area (Å²) in [6, 6.07) is 0.454. The Morgan fingerprint density at radius 3 is 2.19 bits per heavy atom. The van der Waals surface area contributed by atoms with Gasteiger partial charge in [0.2, 0.25) is 0 Å². The summed E-state index contributed by atoms with van der Waals surface area (Å²) in [5.41, 5.74) is 10.8. The number of piperazine rings is 1. The van der Waals surface area contributed by atoms with Crippen LogP contribution in [0.2, 0.25) is 0 Å². The number of aliphatic imine (C=N–C) groups is 1. The minimum Gasteiger partial charge on any atom is -0.370 e. The average Bonchev–Trinajstić information content (AvgIpc) is 2.20. The van der Waals surface area contributed by atoms with Crippen LogP contribution in [-0.2, 0) is 0 Å². The van der Waals surface area contributed by atoms with E-state index in [9.17, 15) is 0 Å². The zero-order valence-corrected chi connectivity index (χ0v) is 10.7. The second kappa shape index (κ2) is 6.06. The van der Waals surface area contributed by atoms with Crippen molar-refractivity contribution >= 4 is 5.96 Å². The molecule has 1 unspecified atom stereocenters. The lowest BCUT2D eigenvalue weighted by Gasteiger charge is -2.39. The molecule has 0 bridgehead atoms. The van der Waals surface area contributed by atoms with Crippen LogP contribution >= 0.6 is 0 Å². The highest BCUT2D eigenvalue weighted by molar-refractivity contribution is 5.75. The Bertz CT molecular complexity index is 227. The van der Waals surface area contributed by atoms with Gasteiger partial charge in [0.25, 0.3) is 0 Å². The number of hydrogen-bond donors (Lipinski definition) is 2. The first-order valence-electron chi connectivity index (χ1n) is 5.98. The van der Waals surface area contributed by atoms with E-state index in [1.165, 1.54) is 0 Å². The van der Waals surface area contributed by atoms with Gasteiger partial charge in [-0.2, -0.15) is 0 Å². The first-order valence-corrected chi connectivity index (χ1v) is 5.98. The molecule has 4 N–H and O–H groups in total. The summed E-state index contributed by atoms with van der Waals surface area (Å²) < 4.78 is 0. The SMILES string of the molecule is CC(C)C(CN=C(N)N)N1CCN(C)CC1. The average molecular weight is 227 g/mol. The van der Waals surface area contributed by atoms with Crippen molar-refractivity contribution in [1.82, 2.24) is 9.80 Å². The fourth-order valence-corrected chi connectivity index (χ4v) is 2.10. The van der Waals surface area contributed by atoms with Crippen molar-refractivity contribution in [3.63, 3.8) is 0 Å². The van der Waals surface area contributed by atoms with Crippen molar-refractivity contribution in [2.24, 2.45) is 22.4 Å². The minimum atomic E-state index is 0.194. The van der Waals surface area contributed by atoms with Crippen LogP contribution in [0.3, 0.4) is 0 Å². The predicted octanol–water partition coefficient (Wildman–Crippen LogP) is -0.468. The molecule has 0 aliphatic carbocycles. The molecule has 5 heteroatoms. The molecule has 0 aromatic carbocycles. The van der Waals surface area contributed by atoms with Crippen LogP contribution in [-0.4, -0.2) is 61.6 Å². The molecule has 1 aliphatic rings. The maximum absolute atomic E-state index is 5.39. The molecule has 1 rings (SSSR count). The van der Waals surface area contributed by atoms with Crippen LogP contribution in [0.1, 0.15) is 13.8 Å². The van der Waals surface area contributed by atoms with Crippen LogP contribution in [0.5, 0.6) is 0 Å². The van der Waals surface area contributed by atoms with E-state index in [-0.39, 0.29) is 5.96 Å². The number of nitrogens with zero attached hydrogens (tertiary/aromatic N) is 3. The van der Waals surface area contributed by atoms with Gasteiger partial charge in [0, 0.05) is 32.2 Å². The maximum Gasteiger partial charge on any atom is 0.185 e. The summed E-state index contributed by atoms with van der Waals surface area (Å²) in [4.78, 5) is 9.01. The Morgan fingerprint density at radius 2 is 1.75 bits per heavy atom. The lowest BCUT2D eigenvalue weighted by atomic mass is 10.0. The van der Waals surface area contributed by atoms with Crippen molar-refractivity contribution in [2.75, 3.05) is 39.8 Å². The Morgan fingerprint density at radius 1 is 1.19 bits per heavy atom. The van der Waals surface area contributed by atoms with E-state index in [0.29, 0.717) is 18.5 Å². The smallest absolute Gasteiger partial charge is 0.185 e. The molecule has 5 nitrogen and oxygen atoms in total. The third kappa shape index (κ3) is 3.98. The number of nitrogens with two attached hydrogens (primary N) is 2. The van der Waals surface area contributed by atoms with Crippen molar-refractivity contribution in [1.29, 1.82) is 0 Å². The number of hydrogen-bond acceptors (Lipinski definition) is 3. The van der Waals surface area contributed by atoms with E-state index in [1.54, 1.807) is 0 Å². The van der Waals surface area contributed by atoms with Gasteiger partial charge in [-0.1, -0.05) is 13.8 Å².